The highest BCUT2D eigenvalue weighted by molar-refractivity contribution is 5.33. The molecule has 2 aromatic carbocycles. The smallest absolute Gasteiger partial charge is 0.127 e. The Hall–Kier alpha value is -1.84. The first-order valence-corrected chi connectivity index (χ1v) is 6.77. The molecule has 3 heteroatoms. The quantitative estimate of drug-likeness (QED) is 0.846. The molecule has 0 unspecified atom stereocenters. The molecule has 20 heavy (non-hydrogen) atoms. The Balaban J connectivity index is 2.01. The first-order chi connectivity index (χ1) is 9.59. The number of aliphatic hydroxyl groups excluding tert-OH is 1. The highest BCUT2D eigenvalue weighted by atomic mass is 16.5. The normalized spacial score (nSPS) is 11.3. The average molecular weight is 271 g/mol. The molecule has 0 heterocycles. The summed E-state index contributed by atoms with van der Waals surface area (Å²) in [6.07, 6.45) is 0. The summed E-state index contributed by atoms with van der Waals surface area (Å²) in [5.41, 5.74) is 0.844. The lowest BCUT2D eigenvalue weighted by atomic mass is 10.1. The van der Waals surface area contributed by atoms with E-state index in [4.69, 9.17) is 4.74 Å². The molecule has 0 aromatic heterocycles. The summed E-state index contributed by atoms with van der Waals surface area (Å²) in [7, 11) is 0. The van der Waals surface area contributed by atoms with Crippen molar-refractivity contribution in [2.45, 2.75) is 25.9 Å². The third kappa shape index (κ3) is 4.37. The van der Waals surface area contributed by atoms with E-state index in [1.807, 2.05) is 68.4 Å². The molecule has 0 aliphatic rings. The standard InChI is InChI=1S/C17H21NO2/c1-17(2,13-19)18-12-14-7-6-10-16(11-14)20-15-8-4-3-5-9-15/h3-11,18-19H,12-13H2,1-2H3. The van der Waals surface area contributed by atoms with Crippen molar-refractivity contribution in [1.82, 2.24) is 5.32 Å². The van der Waals surface area contributed by atoms with Crippen LogP contribution in [0.5, 0.6) is 11.5 Å². The van der Waals surface area contributed by atoms with Crippen molar-refractivity contribution in [1.29, 1.82) is 0 Å². The molecular formula is C17H21NO2. The Labute approximate surface area is 120 Å². The van der Waals surface area contributed by atoms with Crippen LogP contribution in [0.25, 0.3) is 0 Å². The second-order valence-electron chi connectivity index (χ2n) is 5.46. The number of hydrogen-bond donors (Lipinski definition) is 2. The molecular weight excluding hydrogens is 250 g/mol. The van der Waals surface area contributed by atoms with Crippen LogP contribution in [-0.4, -0.2) is 17.3 Å². The van der Waals surface area contributed by atoms with Crippen molar-refractivity contribution < 1.29 is 9.84 Å². The van der Waals surface area contributed by atoms with Crippen LogP contribution in [0.2, 0.25) is 0 Å². The van der Waals surface area contributed by atoms with Gasteiger partial charge >= 0.3 is 0 Å². The second-order valence-corrected chi connectivity index (χ2v) is 5.46. The Kier molecular flexibility index (Phi) is 4.77. The lowest BCUT2D eigenvalue weighted by molar-refractivity contribution is 0.187. The number of rotatable bonds is 6. The molecule has 3 nitrogen and oxygen atoms in total. The largest absolute Gasteiger partial charge is 0.457 e. The third-order valence-corrected chi connectivity index (χ3v) is 3.04. The van der Waals surface area contributed by atoms with Gasteiger partial charge in [-0.15, -0.1) is 0 Å². The monoisotopic (exact) mass is 271 g/mol. The fourth-order valence-electron chi connectivity index (χ4n) is 1.74. The van der Waals surface area contributed by atoms with E-state index in [1.165, 1.54) is 0 Å². The number of benzene rings is 2. The number of para-hydroxylation sites is 1. The van der Waals surface area contributed by atoms with Gasteiger partial charge in [0.05, 0.1) is 6.61 Å². The minimum Gasteiger partial charge on any atom is -0.457 e. The van der Waals surface area contributed by atoms with E-state index < -0.39 is 0 Å². The summed E-state index contributed by atoms with van der Waals surface area (Å²) in [5.74, 6) is 1.64. The van der Waals surface area contributed by atoms with Crippen LogP contribution in [0.15, 0.2) is 54.6 Å². The molecule has 0 spiro atoms. The third-order valence-electron chi connectivity index (χ3n) is 3.04. The predicted molar refractivity (Wildman–Crippen MR) is 81.0 cm³/mol. The molecule has 2 rings (SSSR count). The second kappa shape index (κ2) is 6.55. The van der Waals surface area contributed by atoms with Gasteiger partial charge < -0.3 is 15.2 Å². The van der Waals surface area contributed by atoms with Crippen molar-refractivity contribution in [3.05, 3.63) is 60.2 Å². The number of aliphatic hydroxyl groups is 1. The SMILES string of the molecule is CC(C)(CO)NCc1cccc(Oc2ccccc2)c1. The lowest BCUT2D eigenvalue weighted by Crippen LogP contribution is -2.42. The Morgan fingerprint density at radius 3 is 2.40 bits per heavy atom. The summed E-state index contributed by atoms with van der Waals surface area (Å²) < 4.78 is 5.80. The van der Waals surface area contributed by atoms with Gasteiger partial charge in [0.2, 0.25) is 0 Å². The molecule has 0 amide bonds. The van der Waals surface area contributed by atoms with E-state index in [9.17, 15) is 5.11 Å². The maximum atomic E-state index is 9.23. The number of hydrogen-bond acceptors (Lipinski definition) is 3. The summed E-state index contributed by atoms with van der Waals surface area (Å²) in [4.78, 5) is 0. The van der Waals surface area contributed by atoms with E-state index in [2.05, 4.69) is 5.32 Å². The van der Waals surface area contributed by atoms with Crippen LogP contribution < -0.4 is 10.1 Å². The highest BCUT2D eigenvalue weighted by Crippen LogP contribution is 2.21. The van der Waals surface area contributed by atoms with E-state index in [0.717, 1.165) is 17.1 Å². The maximum Gasteiger partial charge on any atom is 0.127 e. The van der Waals surface area contributed by atoms with Gasteiger partial charge in [-0.25, -0.2) is 0 Å². The molecule has 0 saturated heterocycles. The molecule has 0 atom stereocenters. The number of ether oxygens (including phenoxy) is 1. The van der Waals surface area contributed by atoms with Gasteiger partial charge in [0.15, 0.2) is 0 Å². The zero-order valence-corrected chi connectivity index (χ0v) is 12.0. The van der Waals surface area contributed by atoms with Gasteiger partial charge in [-0.1, -0.05) is 30.3 Å². The Bertz CT molecular complexity index is 538. The van der Waals surface area contributed by atoms with Gasteiger partial charge in [-0.05, 0) is 43.7 Å². The minimum atomic E-state index is -0.281. The van der Waals surface area contributed by atoms with Gasteiger partial charge in [-0.3, -0.25) is 0 Å². The Morgan fingerprint density at radius 2 is 1.70 bits per heavy atom. The van der Waals surface area contributed by atoms with Crippen molar-refractivity contribution in [3.63, 3.8) is 0 Å². The van der Waals surface area contributed by atoms with Gasteiger partial charge in [0.25, 0.3) is 0 Å². The summed E-state index contributed by atoms with van der Waals surface area (Å²) in [6, 6.07) is 17.7. The summed E-state index contributed by atoms with van der Waals surface area (Å²) in [5, 5.41) is 12.5. The van der Waals surface area contributed by atoms with Crippen molar-refractivity contribution >= 4 is 0 Å². The molecule has 0 radical (unpaired) electrons. The maximum absolute atomic E-state index is 9.23. The Morgan fingerprint density at radius 1 is 1.00 bits per heavy atom. The summed E-state index contributed by atoms with van der Waals surface area (Å²) >= 11 is 0. The topological polar surface area (TPSA) is 41.5 Å². The van der Waals surface area contributed by atoms with Crippen molar-refractivity contribution in [3.8, 4) is 11.5 Å². The highest BCUT2D eigenvalue weighted by Gasteiger charge is 2.14. The van der Waals surface area contributed by atoms with Crippen LogP contribution in [0, 0.1) is 0 Å². The first-order valence-electron chi connectivity index (χ1n) is 6.77. The van der Waals surface area contributed by atoms with E-state index in [-0.39, 0.29) is 12.1 Å². The van der Waals surface area contributed by atoms with Gasteiger partial charge in [-0.2, -0.15) is 0 Å². The zero-order valence-electron chi connectivity index (χ0n) is 12.0. The molecule has 0 bridgehead atoms. The zero-order chi connectivity index (χ0) is 14.4. The molecule has 2 aromatic rings. The van der Waals surface area contributed by atoms with Gasteiger partial charge in [0.1, 0.15) is 11.5 Å². The fraction of sp³-hybridized carbons (Fsp3) is 0.294. The van der Waals surface area contributed by atoms with Crippen LogP contribution in [-0.2, 0) is 6.54 Å². The van der Waals surface area contributed by atoms with Crippen molar-refractivity contribution in [2.24, 2.45) is 0 Å². The van der Waals surface area contributed by atoms with Crippen LogP contribution in [0.3, 0.4) is 0 Å². The molecule has 0 aliphatic heterocycles. The van der Waals surface area contributed by atoms with E-state index in [0.29, 0.717) is 6.54 Å². The van der Waals surface area contributed by atoms with E-state index in [1.54, 1.807) is 0 Å². The minimum absolute atomic E-state index is 0.104. The fourth-order valence-corrected chi connectivity index (χ4v) is 1.74. The molecule has 0 saturated carbocycles. The van der Waals surface area contributed by atoms with Crippen LogP contribution >= 0.6 is 0 Å². The predicted octanol–water partition coefficient (Wildman–Crippen LogP) is 3.34. The molecule has 0 fully saturated rings. The summed E-state index contributed by atoms with van der Waals surface area (Å²) in [6.45, 7) is 4.74. The molecule has 0 aliphatic carbocycles. The lowest BCUT2D eigenvalue weighted by Gasteiger charge is -2.23. The van der Waals surface area contributed by atoms with Crippen molar-refractivity contribution in [2.75, 3.05) is 6.61 Å². The van der Waals surface area contributed by atoms with Crippen LogP contribution in [0.4, 0.5) is 0 Å². The first kappa shape index (κ1) is 14.6. The van der Waals surface area contributed by atoms with E-state index >= 15 is 0 Å². The van der Waals surface area contributed by atoms with Crippen LogP contribution in [0.1, 0.15) is 19.4 Å². The average Bonchev–Trinajstić information content (AvgIpc) is 2.47. The van der Waals surface area contributed by atoms with Gasteiger partial charge in [0, 0.05) is 12.1 Å². The molecule has 2 N–H and O–H groups in total. The number of nitrogens with one attached hydrogen (secondary N) is 1. The molecule has 106 valence electrons.